The summed E-state index contributed by atoms with van der Waals surface area (Å²) in [5, 5.41) is 6.42. The van der Waals surface area contributed by atoms with E-state index >= 15 is 0 Å². The number of carbonyl (C=O) groups is 1. The fourth-order valence-electron chi connectivity index (χ4n) is 2.57. The molecule has 26 heavy (non-hydrogen) atoms. The van der Waals surface area contributed by atoms with Crippen LogP contribution in [0.2, 0.25) is 0 Å². The molecule has 0 spiro atoms. The van der Waals surface area contributed by atoms with Crippen LogP contribution < -0.4 is 16.4 Å². The number of guanidine groups is 1. The van der Waals surface area contributed by atoms with Gasteiger partial charge in [-0.1, -0.05) is 38.1 Å². The van der Waals surface area contributed by atoms with Crippen LogP contribution in [0.4, 0.5) is 0 Å². The lowest BCUT2D eigenvalue weighted by molar-refractivity contribution is 0.0972. The third-order valence-electron chi connectivity index (χ3n) is 4.14. The van der Waals surface area contributed by atoms with Crippen LogP contribution >= 0.6 is 0 Å². The van der Waals surface area contributed by atoms with Crippen molar-refractivity contribution >= 4 is 11.9 Å². The van der Waals surface area contributed by atoms with Crippen molar-refractivity contribution in [1.82, 2.24) is 10.6 Å². The Kier molecular flexibility index (Phi) is 7.26. The Morgan fingerprint density at radius 1 is 1.15 bits per heavy atom. The second kappa shape index (κ2) is 9.65. The zero-order chi connectivity index (χ0) is 18.9. The fourth-order valence-corrected chi connectivity index (χ4v) is 2.57. The van der Waals surface area contributed by atoms with E-state index in [9.17, 15) is 4.79 Å². The van der Waals surface area contributed by atoms with E-state index in [1.54, 1.807) is 19.2 Å². The molecule has 4 N–H and O–H groups in total. The highest BCUT2D eigenvalue weighted by Gasteiger charge is 2.07. The van der Waals surface area contributed by atoms with E-state index in [0.29, 0.717) is 24.2 Å². The second-order valence-corrected chi connectivity index (χ2v) is 6.48. The van der Waals surface area contributed by atoms with Crippen LogP contribution in [0.5, 0.6) is 0 Å². The van der Waals surface area contributed by atoms with Gasteiger partial charge >= 0.3 is 0 Å². The number of amides is 1. The molecule has 0 atom stereocenters. The molecule has 0 bridgehead atoms. The maximum absolute atomic E-state index is 11.0. The molecule has 1 aromatic heterocycles. The number of nitrogens with one attached hydrogen (secondary N) is 2. The first-order valence-electron chi connectivity index (χ1n) is 8.91. The first-order valence-corrected chi connectivity index (χ1v) is 8.91. The van der Waals surface area contributed by atoms with Gasteiger partial charge in [-0.3, -0.25) is 9.79 Å². The van der Waals surface area contributed by atoms with Crippen LogP contribution in [0.3, 0.4) is 0 Å². The number of hydrogen-bond donors (Lipinski definition) is 3. The third kappa shape index (κ3) is 5.95. The Bertz CT molecular complexity index is 733. The van der Waals surface area contributed by atoms with Gasteiger partial charge in [-0.15, -0.1) is 0 Å². The Balaban J connectivity index is 1.70. The molecule has 6 nitrogen and oxygen atoms in total. The molecule has 0 saturated carbocycles. The molecule has 0 fully saturated rings. The van der Waals surface area contributed by atoms with Crippen molar-refractivity contribution in [2.24, 2.45) is 10.7 Å². The highest BCUT2D eigenvalue weighted by atomic mass is 16.3. The molecule has 140 valence electrons. The van der Waals surface area contributed by atoms with Gasteiger partial charge in [0.15, 0.2) is 11.7 Å². The molecular weight excluding hydrogens is 328 g/mol. The zero-order valence-corrected chi connectivity index (χ0v) is 15.7. The van der Waals surface area contributed by atoms with Crippen LogP contribution in [0.1, 0.15) is 53.6 Å². The number of furan rings is 1. The molecular formula is C20H28N4O2. The van der Waals surface area contributed by atoms with Crippen molar-refractivity contribution in [1.29, 1.82) is 0 Å². The predicted octanol–water partition coefficient (Wildman–Crippen LogP) is 2.80. The van der Waals surface area contributed by atoms with Crippen LogP contribution in [0.15, 0.2) is 45.8 Å². The van der Waals surface area contributed by atoms with Crippen molar-refractivity contribution < 1.29 is 9.21 Å². The first kappa shape index (κ1) is 19.6. The number of benzene rings is 1. The minimum atomic E-state index is -0.569. The Labute approximate surface area is 154 Å². The van der Waals surface area contributed by atoms with Crippen molar-refractivity contribution in [2.45, 2.75) is 39.2 Å². The quantitative estimate of drug-likeness (QED) is 0.385. The number of aliphatic imine (C=N–C) groups is 1. The highest BCUT2D eigenvalue weighted by molar-refractivity contribution is 5.89. The Morgan fingerprint density at radius 2 is 1.88 bits per heavy atom. The predicted molar refractivity (Wildman–Crippen MR) is 104 cm³/mol. The van der Waals surface area contributed by atoms with E-state index in [1.165, 1.54) is 11.1 Å². The maximum Gasteiger partial charge on any atom is 0.284 e. The van der Waals surface area contributed by atoms with Crippen LogP contribution in [-0.4, -0.2) is 25.5 Å². The summed E-state index contributed by atoms with van der Waals surface area (Å²) in [7, 11) is 1.72. The number of carbonyl (C=O) groups excluding carboxylic acids is 1. The largest absolute Gasteiger partial charge is 0.454 e. The molecule has 2 rings (SSSR count). The number of nitrogens with zero attached hydrogens (tertiary/aromatic N) is 1. The summed E-state index contributed by atoms with van der Waals surface area (Å²) in [6, 6.07) is 12.1. The summed E-state index contributed by atoms with van der Waals surface area (Å²) in [6.45, 7) is 5.66. The van der Waals surface area contributed by atoms with Crippen molar-refractivity contribution in [3.63, 3.8) is 0 Å². The summed E-state index contributed by atoms with van der Waals surface area (Å²) in [5.74, 6) is 1.48. The van der Waals surface area contributed by atoms with E-state index in [0.717, 1.165) is 19.4 Å². The van der Waals surface area contributed by atoms with Crippen LogP contribution in [-0.2, 0) is 13.0 Å². The van der Waals surface area contributed by atoms with Gasteiger partial charge in [0.1, 0.15) is 5.76 Å². The number of aryl methyl sites for hydroxylation is 1. The molecule has 0 saturated heterocycles. The molecule has 6 heteroatoms. The van der Waals surface area contributed by atoms with Gasteiger partial charge < -0.3 is 20.8 Å². The van der Waals surface area contributed by atoms with Crippen LogP contribution in [0, 0.1) is 0 Å². The van der Waals surface area contributed by atoms with E-state index in [4.69, 9.17) is 10.2 Å². The monoisotopic (exact) mass is 356 g/mol. The minimum Gasteiger partial charge on any atom is -0.454 e. The van der Waals surface area contributed by atoms with Gasteiger partial charge in [-0.25, -0.2) is 0 Å². The summed E-state index contributed by atoms with van der Waals surface area (Å²) >= 11 is 0. The summed E-state index contributed by atoms with van der Waals surface area (Å²) in [5.41, 5.74) is 7.88. The Hall–Kier alpha value is -2.76. The summed E-state index contributed by atoms with van der Waals surface area (Å²) in [6.07, 6.45) is 2.02. The lowest BCUT2D eigenvalue weighted by Crippen LogP contribution is -2.37. The van der Waals surface area contributed by atoms with Gasteiger partial charge in [0.25, 0.3) is 5.91 Å². The van der Waals surface area contributed by atoms with Crippen molar-refractivity contribution in [2.75, 3.05) is 13.6 Å². The summed E-state index contributed by atoms with van der Waals surface area (Å²) < 4.78 is 5.33. The lowest BCUT2D eigenvalue weighted by Gasteiger charge is -2.11. The normalized spacial score (nSPS) is 11.6. The van der Waals surface area contributed by atoms with Gasteiger partial charge in [-0.05, 0) is 42.0 Å². The molecule has 0 aliphatic heterocycles. The molecule has 0 aliphatic rings. The lowest BCUT2D eigenvalue weighted by atomic mass is 10.0. The molecule has 1 heterocycles. The molecule has 0 aliphatic carbocycles. The van der Waals surface area contributed by atoms with Crippen molar-refractivity contribution in [3.8, 4) is 0 Å². The standard InChI is InChI=1S/C20H28N4O2/c1-14(2)16-8-6-15(7-9-16)5-4-12-23-20(22-3)24-13-17-10-11-18(26-17)19(21)25/h6-11,14H,4-5,12-13H2,1-3H3,(H2,21,25)(H2,22,23,24). The third-order valence-corrected chi connectivity index (χ3v) is 4.14. The molecule has 1 aromatic carbocycles. The average Bonchev–Trinajstić information content (AvgIpc) is 3.11. The van der Waals surface area contributed by atoms with E-state index in [2.05, 4.69) is 53.7 Å². The molecule has 0 radical (unpaired) electrons. The van der Waals surface area contributed by atoms with Gasteiger partial charge in [0, 0.05) is 13.6 Å². The van der Waals surface area contributed by atoms with Gasteiger partial charge in [0.05, 0.1) is 6.54 Å². The molecule has 0 unspecified atom stereocenters. The number of hydrogen-bond acceptors (Lipinski definition) is 3. The summed E-state index contributed by atoms with van der Waals surface area (Å²) in [4.78, 5) is 15.2. The number of primary amides is 1. The van der Waals surface area contributed by atoms with E-state index in [-0.39, 0.29) is 5.76 Å². The maximum atomic E-state index is 11.0. The number of nitrogens with two attached hydrogens (primary N) is 1. The zero-order valence-electron chi connectivity index (χ0n) is 15.7. The molecule has 1 amide bonds. The Morgan fingerprint density at radius 3 is 2.46 bits per heavy atom. The second-order valence-electron chi connectivity index (χ2n) is 6.48. The van der Waals surface area contributed by atoms with Crippen molar-refractivity contribution in [3.05, 3.63) is 59.0 Å². The number of rotatable bonds is 8. The average molecular weight is 356 g/mol. The van der Waals surface area contributed by atoms with Crippen LogP contribution in [0.25, 0.3) is 0 Å². The van der Waals surface area contributed by atoms with E-state index < -0.39 is 5.91 Å². The fraction of sp³-hybridized carbons (Fsp3) is 0.400. The molecule has 2 aromatic rings. The van der Waals surface area contributed by atoms with Gasteiger partial charge in [-0.2, -0.15) is 0 Å². The first-order chi connectivity index (χ1) is 12.5. The highest BCUT2D eigenvalue weighted by Crippen LogP contribution is 2.15. The van der Waals surface area contributed by atoms with E-state index in [1.807, 2.05) is 0 Å². The van der Waals surface area contributed by atoms with Gasteiger partial charge in [0.2, 0.25) is 0 Å². The smallest absolute Gasteiger partial charge is 0.284 e. The minimum absolute atomic E-state index is 0.160. The SMILES string of the molecule is CN=C(NCCCc1ccc(C(C)C)cc1)NCc1ccc(C(N)=O)o1. The topological polar surface area (TPSA) is 92.6 Å².